The van der Waals surface area contributed by atoms with Gasteiger partial charge in [0.05, 0.1) is 0 Å². The van der Waals surface area contributed by atoms with Gasteiger partial charge in [0, 0.05) is 0 Å². The van der Waals surface area contributed by atoms with E-state index in [-0.39, 0.29) is 0 Å². The van der Waals surface area contributed by atoms with E-state index >= 15 is 0 Å². The van der Waals surface area contributed by atoms with Crippen LogP contribution in [-0.2, 0) is 0 Å². The molecule has 0 saturated heterocycles. The summed E-state index contributed by atoms with van der Waals surface area (Å²) in [5.74, 6) is 0. The monoisotopic (exact) mass is 4710 g/mol. The Morgan fingerprint density at radius 1 is 0.211 bits per heavy atom. The van der Waals surface area contributed by atoms with E-state index < -0.39 is 146 Å². The summed E-state index contributed by atoms with van der Waals surface area (Å²) < 4.78 is 0. The van der Waals surface area contributed by atoms with Gasteiger partial charge in [0.25, 0.3) is 0 Å². The second kappa shape index (κ2) is 38.8. The number of hydrogen-bond acceptors (Lipinski definition) is 0. The van der Waals surface area contributed by atoms with Gasteiger partial charge in [-0.3, -0.25) is 0 Å². The van der Waals surface area contributed by atoms with Crippen LogP contribution in [-0.4, -0.2) is 5.70 Å². The molecule has 0 fully saturated rings. The predicted molar refractivity (Wildman–Crippen MR) is 524 cm³/mol. The van der Waals surface area contributed by atoms with Crippen molar-refractivity contribution in [3.63, 3.8) is 0 Å². The predicted octanol–water partition coefficient (Wildman–Crippen LogP) is 32.4. The van der Waals surface area contributed by atoms with E-state index in [1.165, 1.54) is 0 Å². The summed E-state index contributed by atoms with van der Waals surface area (Å²) in [5.41, 5.74) is 6.61. The van der Waals surface area contributed by atoms with Crippen molar-refractivity contribution >= 4 is 505 Å². The van der Waals surface area contributed by atoms with Crippen molar-refractivity contribution in [2.75, 3.05) is 0 Å². The average molecular weight is 4710 g/mol. The van der Waals surface area contributed by atoms with Crippen LogP contribution >= 0.6 is 500 Å². The summed E-state index contributed by atoms with van der Waals surface area (Å²) >= 11 is 59.5. The molecule has 0 heterocycles. The van der Waals surface area contributed by atoms with Crippen molar-refractivity contribution < 1.29 is 0 Å². The SMILES string of the molecule is [B]I(I)I(I)I(I)I(I)I(I)I(I)I(I)I(I)I(I)I(I)I(I)I(I)I(I)I(I)I(I)I(I)I(I)I(I)I. The minimum atomic E-state index is -0.960. The molecule has 38 heteroatoms. The molecule has 0 saturated carbocycles. The van der Waals surface area contributed by atoms with Crippen LogP contribution in [0.1, 0.15) is 0 Å². The average Bonchev–Trinajstić information content (AvgIpc) is 2.89. The molecule has 0 amide bonds. The van der Waals surface area contributed by atoms with E-state index in [1.807, 2.05) is 0 Å². The first-order chi connectivity index (χ1) is 17.2. The molecular weight excluding hydrogens is 4710 g/mol. The van der Waals surface area contributed by atoms with Gasteiger partial charge in [0.2, 0.25) is 0 Å². The Bertz CT molecular complexity index is 570. The van der Waals surface area contributed by atoms with Gasteiger partial charge in [-0.25, -0.2) is 0 Å². The molecule has 0 atom stereocenters. The van der Waals surface area contributed by atoms with Gasteiger partial charge < -0.3 is 0 Å². The Morgan fingerprint density at radius 2 is 0.342 bits per heavy atom. The van der Waals surface area contributed by atoms with Crippen LogP contribution in [0.5, 0.6) is 0 Å². The Labute approximate surface area is 476 Å². The molecule has 262 valence electrons. The molecule has 0 aromatic carbocycles. The molecule has 0 aliphatic heterocycles. The number of halogens is 37. The normalized spacial score (nSPS) is 18.6. The first-order valence-electron chi connectivity index (χ1n) is 5.36. The van der Waals surface area contributed by atoms with Crippen LogP contribution in [0.25, 0.3) is 0 Å². The summed E-state index contributed by atoms with van der Waals surface area (Å²) in [6.07, 6.45) is 0. The van der Waals surface area contributed by atoms with Crippen molar-refractivity contribution in [1.29, 1.82) is 0 Å². The van der Waals surface area contributed by atoms with Gasteiger partial charge >= 0.3 is 505 Å². The fourth-order valence-corrected chi connectivity index (χ4v) is 6540. The van der Waals surface area contributed by atoms with Crippen molar-refractivity contribution in [2.45, 2.75) is 0 Å². The summed E-state index contributed by atoms with van der Waals surface area (Å²) in [6.45, 7) is 0. The molecule has 0 N–H and O–H groups in total. The molecular formula is BI37. The molecule has 38 heavy (non-hydrogen) atoms. The third kappa shape index (κ3) is 26.9. The molecule has 0 aromatic rings. The summed E-state index contributed by atoms with van der Waals surface area (Å²) in [5, 5.41) is 0. The molecule has 2 radical (unpaired) electrons. The van der Waals surface area contributed by atoms with Gasteiger partial charge in [0.1, 0.15) is 0 Å². The van der Waals surface area contributed by atoms with E-state index in [2.05, 4.69) is 354 Å². The van der Waals surface area contributed by atoms with Gasteiger partial charge in [-0.1, -0.05) is 0 Å². The van der Waals surface area contributed by atoms with Gasteiger partial charge in [-0.2, -0.15) is 0 Å². The molecule has 0 bridgehead atoms. The van der Waals surface area contributed by atoms with Gasteiger partial charge in [0.15, 0.2) is 0 Å². The van der Waals surface area contributed by atoms with Crippen molar-refractivity contribution in [1.82, 2.24) is 0 Å². The van der Waals surface area contributed by atoms with Crippen LogP contribution < -0.4 is 0 Å². The summed E-state index contributed by atoms with van der Waals surface area (Å²) in [4.78, 5) is 0. The van der Waals surface area contributed by atoms with Crippen LogP contribution in [0.2, 0.25) is 0 Å². The zero-order valence-electron chi connectivity index (χ0n) is 14.6. The Morgan fingerprint density at radius 3 is 0.474 bits per heavy atom. The van der Waals surface area contributed by atoms with Crippen LogP contribution in [0, 0.1) is 0 Å². The second-order valence-electron chi connectivity index (χ2n) is 2.97. The van der Waals surface area contributed by atoms with Crippen molar-refractivity contribution in [3.05, 3.63) is 0 Å². The van der Waals surface area contributed by atoms with Crippen LogP contribution in [0.3, 0.4) is 0 Å². The van der Waals surface area contributed by atoms with Gasteiger partial charge in [-0.05, 0) is 0 Å². The zero-order chi connectivity index (χ0) is 30.4. The fourth-order valence-electron chi connectivity index (χ4n) is 0.502. The maximum atomic E-state index is 6.61. The van der Waals surface area contributed by atoms with E-state index in [4.69, 9.17) is 5.70 Å². The first-order valence-corrected chi connectivity index (χ1v) is 233. The fraction of sp³-hybridized carbons (Fsp3) is 0. The number of rotatable bonds is 17. The zero-order valence-corrected chi connectivity index (χ0v) is 94.4. The third-order valence-electron chi connectivity index (χ3n) is 1.41. The number of hydrogen-bond donors (Lipinski definition) is 0. The van der Waals surface area contributed by atoms with E-state index in [0.717, 1.165) is 0 Å². The van der Waals surface area contributed by atoms with Crippen LogP contribution in [0.15, 0.2) is 0 Å². The molecule has 0 spiro atoms. The Balaban J connectivity index is 5.37. The summed E-state index contributed by atoms with van der Waals surface area (Å²) in [6, 6.07) is 0. The Kier molecular flexibility index (Phi) is 66.4. The summed E-state index contributed by atoms with van der Waals surface area (Å²) in [7, 11) is -9.11. The second-order valence-corrected chi connectivity index (χ2v) is 855. The van der Waals surface area contributed by atoms with Crippen molar-refractivity contribution in [3.8, 4) is 0 Å². The first kappa shape index (κ1) is 65.1. The molecule has 0 aromatic heterocycles. The molecule has 0 nitrogen and oxygen atoms in total. The van der Waals surface area contributed by atoms with Gasteiger partial charge in [-0.15, -0.1) is 0 Å². The maximum absolute atomic E-state index is 6.61. The third-order valence-corrected chi connectivity index (χ3v) is 2750. The minimum absolute atomic E-state index is 0.453. The van der Waals surface area contributed by atoms with E-state index in [1.54, 1.807) is 0 Å². The van der Waals surface area contributed by atoms with E-state index in [0.29, 0.717) is 0 Å². The quantitative estimate of drug-likeness (QED) is 0.101. The van der Waals surface area contributed by atoms with Crippen molar-refractivity contribution in [2.24, 2.45) is 0 Å². The molecule has 0 rings (SSSR count). The topological polar surface area (TPSA) is 0 Å². The van der Waals surface area contributed by atoms with E-state index in [9.17, 15) is 0 Å². The molecule has 0 unspecified atom stereocenters. The molecule has 0 aliphatic rings. The molecule has 0 aliphatic carbocycles. The standard InChI is InChI=1S/BI37/c1-21(2)23(5)25(7)27(9)29(11)31(13)33(15)35(17)37(19)38(20)36(18)34(16)32(14)30(12)28(10)26(8)24(6)22(3)4. The Hall–Kier alpha value is 27.1. The van der Waals surface area contributed by atoms with Crippen LogP contribution in [0.4, 0.5) is 0 Å².